The molecule has 4 aliphatic rings. The number of fused-ring (bicyclic) bond motifs is 10. The predicted molar refractivity (Wildman–Crippen MR) is 268 cm³/mol. The van der Waals surface area contributed by atoms with Gasteiger partial charge in [-0.1, -0.05) is 134 Å². The Labute approximate surface area is 373 Å². The van der Waals surface area contributed by atoms with Crippen LogP contribution >= 0.6 is 0 Å². The third kappa shape index (κ3) is 5.16. The van der Waals surface area contributed by atoms with Crippen molar-refractivity contribution in [3.05, 3.63) is 171 Å². The van der Waals surface area contributed by atoms with E-state index in [1.807, 2.05) is 0 Å². The molecule has 0 radical (unpaired) electrons. The van der Waals surface area contributed by atoms with E-state index in [9.17, 15) is 0 Å². The number of aryl methyl sites for hydroxylation is 3. The smallest absolute Gasteiger partial charge is 0.252 e. The summed E-state index contributed by atoms with van der Waals surface area (Å²) in [5.41, 5.74) is 25.6. The lowest BCUT2D eigenvalue weighted by molar-refractivity contribution is 0.332. The van der Waals surface area contributed by atoms with E-state index in [0.29, 0.717) is 0 Å². The third-order valence-electron chi connectivity index (χ3n) is 16.2. The van der Waals surface area contributed by atoms with E-state index in [1.54, 1.807) is 0 Å². The maximum absolute atomic E-state index is 6.71. The summed E-state index contributed by atoms with van der Waals surface area (Å²) < 4.78 is 6.71. The minimum atomic E-state index is -0.204. The maximum atomic E-state index is 6.71. The SMILES string of the molecule is Cc1cc2c3c(c1)N(c1ccccc1C)c1cc4oc5ccccc5c4cc1B3c1cc3c(cc1N2c1cc2c(cc1C)C(C)(C)CCC2(C)C)C(C)(C)c1ccccc1C3(C)C. The number of nitrogens with zero attached hydrogens (tertiary/aromatic N) is 2. The van der Waals surface area contributed by atoms with Gasteiger partial charge in [0.2, 0.25) is 0 Å². The lowest BCUT2D eigenvalue weighted by Gasteiger charge is -2.49. The molecule has 312 valence electrons. The monoisotopic (exact) mass is 820 g/mol. The van der Waals surface area contributed by atoms with Gasteiger partial charge >= 0.3 is 0 Å². The van der Waals surface area contributed by atoms with Gasteiger partial charge in [-0.05, 0) is 147 Å². The molecule has 0 spiro atoms. The Morgan fingerprint density at radius 2 is 0.968 bits per heavy atom. The van der Waals surface area contributed by atoms with Crippen LogP contribution in [0.25, 0.3) is 21.9 Å². The molecule has 63 heavy (non-hydrogen) atoms. The van der Waals surface area contributed by atoms with Gasteiger partial charge in [-0.2, -0.15) is 0 Å². The van der Waals surface area contributed by atoms with Crippen LogP contribution in [0.5, 0.6) is 0 Å². The van der Waals surface area contributed by atoms with Crippen LogP contribution in [-0.4, -0.2) is 6.71 Å². The molecular formula is C59H57BN2O. The standard InChI is InChI=1S/C59H57BN2O/c1-34-26-51-55-52(27-34)62(48-31-42-41(28-36(48)3)56(4,5)24-25-57(42,6)7)49-32-44-43(58(8,9)39-20-14-15-21-40(39)59(44,10)11)30-46(49)60(55)45-29-38-37-19-13-17-23-53(37)63-54(38)33-50(45)61(51)47-22-16-12-18-35(47)2/h12-23,26-33H,24-25H2,1-11H3. The van der Waals surface area contributed by atoms with Crippen LogP contribution in [0.4, 0.5) is 34.1 Å². The summed E-state index contributed by atoms with van der Waals surface area (Å²) in [7, 11) is 0. The van der Waals surface area contributed by atoms with Crippen molar-refractivity contribution in [1.29, 1.82) is 0 Å². The molecule has 0 bridgehead atoms. The first kappa shape index (κ1) is 38.7. The Balaban J connectivity index is 1.24. The Morgan fingerprint density at radius 3 is 1.65 bits per heavy atom. The summed E-state index contributed by atoms with van der Waals surface area (Å²) in [6.45, 7) is 26.5. The zero-order valence-electron chi connectivity index (χ0n) is 38.8. The van der Waals surface area contributed by atoms with Gasteiger partial charge in [0.25, 0.3) is 6.71 Å². The number of benzene rings is 7. The van der Waals surface area contributed by atoms with Gasteiger partial charge in [0, 0.05) is 61.8 Å². The second-order valence-electron chi connectivity index (χ2n) is 21.8. The van der Waals surface area contributed by atoms with Crippen molar-refractivity contribution in [3.63, 3.8) is 0 Å². The van der Waals surface area contributed by atoms with E-state index in [2.05, 4.69) is 207 Å². The Morgan fingerprint density at radius 1 is 0.429 bits per heavy atom. The van der Waals surface area contributed by atoms with Crippen LogP contribution in [0, 0.1) is 20.8 Å². The van der Waals surface area contributed by atoms with E-state index in [0.717, 1.165) is 16.6 Å². The molecule has 12 rings (SSSR count). The first-order valence-electron chi connectivity index (χ1n) is 23.2. The molecule has 3 heterocycles. The first-order chi connectivity index (χ1) is 30.0. The molecule has 0 saturated heterocycles. The molecule has 0 fully saturated rings. The van der Waals surface area contributed by atoms with Crippen molar-refractivity contribution in [2.75, 3.05) is 9.80 Å². The molecule has 1 aromatic heterocycles. The zero-order valence-corrected chi connectivity index (χ0v) is 38.8. The Hall–Kier alpha value is -6.00. The largest absolute Gasteiger partial charge is 0.456 e. The van der Waals surface area contributed by atoms with E-state index < -0.39 is 0 Å². The minimum Gasteiger partial charge on any atom is -0.456 e. The molecule has 0 N–H and O–H groups in total. The summed E-state index contributed by atoms with van der Waals surface area (Å²) in [6.07, 6.45) is 2.36. The van der Waals surface area contributed by atoms with Crippen molar-refractivity contribution in [1.82, 2.24) is 0 Å². The summed E-state index contributed by atoms with van der Waals surface area (Å²) in [4.78, 5) is 5.25. The summed E-state index contributed by atoms with van der Waals surface area (Å²) in [5, 5.41) is 2.32. The van der Waals surface area contributed by atoms with Gasteiger partial charge in [0.05, 0.1) is 0 Å². The number of rotatable bonds is 2. The van der Waals surface area contributed by atoms with Crippen LogP contribution in [-0.2, 0) is 21.7 Å². The molecule has 0 unspecified atom stereocenters. The number of hydrogen-bond donors (Lipinski definition) is 0. The molecule has 3 nitrogen and oxygen atoms in total. The average Bonchev–Trinajstić information content (AvgIpc) is 3.61. The molecule has 0 saturated carbocycles. The van der Waals surface area contributed by atoms with E-state index >= 15 is 0 Å². The lowest BCUT2D eigenvalue weighted by atomic mass is 9.33. The maximum Gasteiger partial charge on any atom is 0.252 e. The zero-order chi connectivity index (χ0) is 43.7. The molecule has 2 aliphatic heterocycles. The highest BCUT2D eigenvalue weighted by Crippen LogP contribution is 2.55. The molecule has 4 heteroatoms. The van der Waals surface area contributed by atoms with Gasteiger partial charge in [-0.25, -0.2) is 0 Å². The fraction of sp³-hybridized carbons (Fsp3) is 0.288. The van der Waals surface area contributed by atoms with Crippen LogP contribution in [0.2, 0.25) is 0 Å². The van der Waals surface area contributed by atoms with Gasteiger partial charge in [0.15, 0.2) is 0 Å². The van der Waals surface area contributed by atoms with Crippen LogP contribution in [0.15, 0.2) is 126 Å². The van der Waals surface area contributed by atoms with Gasteiger partial charge in [0.1, 0.15) is 11.2 Å². The van der Waals surface area contributed by atoms with Crippen LogP contribution < -0.4 is 26.2 Å². The second-order valence-corrected chi connectivity index (χ2v) is 21.8. The highest BCUT2D eigenvalue weighted by molar-refractivity contribution is 7.00. The number of furan rings is 1. The van der Waals surface area contributed by atoms with Gasteiger partial charge < -0.3 is 14.2 Å². The molecular weight excluding hydrogens is 763 g/mol. The van der Waals surface area contributed by atoms with Crippen LogP contribution in [0.3, 0.4) is 0 Å². The molecule has 0 amide bonds. The highest BCUT2D eigenvalue weighted by Gasteiger charge is 2.49. The molecule has 8 aromatic rings. The predicted octanol–water partition coefficient (Wildman–Crippen LogP) is 13.9. The Bertz CT molecular complexity index is 3300. The normalized spacial score (nSPS) is 18.0. The van der Waals surface area contributed by atoms with Crippen molar-refractivity contribution in [2.45, 2.75) is 111 Å². The topological polar surface area (TPSA) is 19.6 Å². The quantitative estimate of drug-likeness (QED) is 0.162. The summed E-state index contributed by atoms with van der Waals surface area (Å²) >= 11 is 0. The Kier molecular flexibility index (Phi) is 7.73. The van der Waals surface area contributed by atoms with Gasteiger partial charge in [-0.15, -0.1) is 0 Å². The molecule has 7 aromatic carbocycles. The number of hydrogen-bond acceptors (Lipinski definition) is 3. The van der Waals surface area contributed by atoms with Gasteiger partial charge in [-0.3, -0.25) is 0 Å². The number of para-hydroxylation sites is 2. The average molecular weight is 821 g/mol. The van der Waals surface area contributed by atoms with E-state index in [1.165, 1.54) is 119 Å². The lowest BCUT2D eigenvalue weighted by Crippen LogP contribution is -2.62. The van der Waals surface area contributed by atoms with Crippen molar-refractivity contribution in [2.24, 2.45) is 0 Å². The molecule has 0 atom stereocenters. The molecule has 2 aliphatic carbocycles. The van der Waals surface area contributed by atoms with Crippen molar-refractivity contribution in [3.8, 4) is 0 Å². The van der Waals surface area contributed by atoms with Crippen molar-refractivity contribution >= 4 is 79.2 Å². The minimum absolute atomic E-state index is 0.0233. The summed E-state index contributed by atoms with van der Waals surface area (Å²) in [5.74, 6) is 0. The fourth-order valence-corrected chi connectivity index (χ4v) is 12.6. The fourth-order valence-electron chi connectivity index (χ4n) is 12.6. The summed E-state index contributed by atoms with van der Waals surface area (Å²) in [6, 6.07) is 46.8. The third-order valence-corrected chi connectivity index (χ3v) is 16.2. The van der Waals surface area contributed by atoms with E-state index in [4.69, 9.17) is 4.42 Å². The second kappa shape index (κ2) is 12.6. The first-order valence-corrected chi connectivity index (χ1v) is 23.2. The van der Waals surface area contributed by atoms with Crippen molar-refractivity contribution < 1.29 is 4.42 Å². The van der Waals surface area contributed by atoms with Crippen LogP contribution in [0.1, 0.15) is 118 Å². The van der Waals surface area contributed by atoms with E-state index in [-0.39, 0.29) is 28.4 Å². The highest BCUT2D eigenvalue weighted by atomic mass is 16.3. The number of anilines is 6.